The molecule has 0 aliphatic carbocycles. The maximum absolute atomic E-state index is 12.2. The lowest BCUT2D eigenvalue weighted by atomic mass is 9.96. The van der Waals surface area contributed by atoms with Crippen molar-refractivity contribution in [1.29, 1.82) is 0 Å². The summed E-state index contributed by atoms with van der Waals surface area (Å²) in [7, 11) is 4.61. The van der Waals surface area contributed by atoms with Gasteiger partial charge in [0.25, 0.3) is 0 Å². The summed E-state index contributed by atoms with van der Waals surface area (Å²) in [5, 5.41) is 0. The highest BCUT2D eigenvalue weighted by atomic mass is 16.5. The maximum atomic E-state index is 12.2. The van der Waals surface area contributed by atoms with Gasteiger partial charge in [-0.1, -0.05) is 13.8 Å². The third-order valence-electron chi connectivity index (χ3n) is 3.01. The molecule has 1 atom stereocenters. The number of benzene rings is 1. The summed E-state index contributed by atoms with van der Waals surface area (Å²) in [6, 6.07) is 3.38. The summed E-state index contributed by atoms with van der Waals surface area (Å²) in [6.45, 7) is 3.89. The van der Waals surface area contributed by atoms with Crippen molar-refractivity contribution in [1.82, 2.24) is 0 Å². The standard InChI is InChI=1S/C14H20O4/c1-6-9(2)13(15)10-7-11(16-3)14(18-5)12(8-10)17-4/h7-9H,6H2,1-5H3. The molecular formula is C14H20O4. The van der Waals surface area contributed by atoms with E-state index in [1.807, 2.05) is 13.8 Å². The van der Waals surface area contributed by atoms with Crippen LogP contribution in [0.4, 0.5) is 0 Å². The highest BCUT2D eigenvalue weighted by Crippen LogP contribution is 2.38. The Morgan fingerprint density at radius 3 is 1.94 bits per heavy atom. The average molecular weight is 252 g/mol. The molecule has 0 fully saturated rings. The minimum atomic E-state index is -0.0205. The lowest BCUT2D eigenvalue weighted by molar-refractivity contribution is 0.0926. The van der Waals surface area contributed by atoms with Gasteiger partial charge in [0.1, 0.15) is 0 Å². The Morgan fingerprint density at radius 2 is 1.61 bits per heavy atom. The molecule has 4 nitrogen and oxygen atoms in total. The fourth-order valence-electron chi connectivity index (χ4n) is 1.69. The molecule has 0 radical (unpaired) electrons. The fraction of sp³-hybridized carbons (Fsp3) is 0.500. The summed E-state index contributed by atoms with van der Waals surface area (Å²) in [4.78, 5) is 12.2. The monoisotopic (exact) mass is 252 g/mol. The van der Waals surface area contributed by atoms with Crippen LogP contribution < -0.4 is 14.2 Å². The van der Waals surface area contributed by atoms with Gasteiger partial charge in [-0.2, -0.15) is 0 Å². The van der Waals surface area contributed by atoms with Gasteiger partial charge in [0, 0.05) is 11.5 Å². The number of carbonyl (C=O) groups is 1. The van der Waals surface area contributed by atoms with E-state index in [0.29, 0.717) is 22.8 Å². The van der Waals surface area contributed by atoms with E-state index >= 15 is 0 Å². The Labute approximate surface area is 108 Å². The molecule has 1 rings (SSSR count). The quantitative estimate of drug-likeness (QED) is 0.730. The summed E-state index contributed by atoms with van der Waals surface area (Å²) in [6.07, 6.45) is 0.801. The highest BCUT2D eigenvalue weighted by molar-refractivity contribution is 5.98. The van der Waals surface area contributed by atoms with Crippen LogP contribution in [0.2, 0.25) is 0 Å². The summed E-state index contributed by atoms with van der Waals surface area (Å²) in [5.74, 6) is 1.57. The van der Waals surface area contributed by atoms with Crippen molar-refractivity contribution in [3.05, 3.63) is 17.7 Å². The molecule has 100 valence electrons. The first-order valence-electron chi connectivity index (χ1n) is 5.93. The Morgan fingerprint density at radius 1 is 1.11 bits per heavy atom. The molecule has 1 aromatic carbocycles. The van der Waals surface area contributed by atoms with Crippen molar-refractivity contribution in [2.24, 2.45) is 5.92 Å². The Balaban J connectivity index is 3.27. The first-order valence-corrected chi connectivity index (χ1v) is 5.93. The maximum Gasteiger partial charge on any atom is 0.203 e. The van der Waals surface area contributed by atoms with Crippen molar-refractivity contribution in [2.75, 3.05) is 21.3 Å². The minimum Gasteiger partial charge on any atom is -0.493 e. The van der Waals surface area contributed by atoms with E-state index in [1.54, 1.807) is 12.1 Å². The summed E-state index contributed by atoms with van der Waals surface area (Å²) >= 11 is 0. The topological polar surface area (TPSA) is 44.8 Å². The molecule has 0 aliphatic rings. The number of carbonyl (C=O) groups excluding carboxylic acids is 1. The number of rotatable bonds is 6. The molecule has 0 amide bonds. The lowest BCUT2D eigenvalue weighted by Crippen LogP contribution is -2.11. The van der Waals surface area contributed by atoms with Gasteiger partial charge in [-0.05, 0) is 18.6 Å². The SMILES string of the molecule is CCC(C)C(=O)c1cc(OC)c(OC)c(OC)c1. The molecule has 0 saturated heterocycles. The van der Waals surface area contributed by atoms with Crippen molar-refractivity contribution >= 4 is 5.78 Å². The molecule has 0 spiro atoms. The second-order valence-electron chi connectivity index (χ2n) is 4.09. The smallest absolute Gasteiger partial charge is 0.203 e. The van der Waals surface area contributed by atoms with Crippen molar-refractivity contribution in [3.63, 3.8) is 0 Å². The van der Waals surface area contributed by atoms with Gasteiger partial charge in [-0.3, -0.25) is 4.79 Å². The first kappa shape index (κ1) is 14.4. The Kier molecular flexibility index (Phi) is 5.01. The highest BCUT2D eigenvalue weighted by Gasteiger charge is 2.19. The van der Waals surface area contributed by atoms with Crippen LogP contribution in [0.3, 0.4) is 0 Å². The zero-order valence-electron chi connectivity index (χ0n) is 11.6. The number of ketones is 1. The van der Waals surface area contributed by atoms with E-state index in [-0.39, 0.29) is 11.7 Å². The van der Waals surface area contributed by atoms with Gasteiger partial charge < -0.3 is 14.2 Å². The van der Waals surface area contributed by atoms with E-state index in [9.17, 15) is 4.79 Å². The molecule has 0 saturated carbocycles. The number of Topliss-reactive ketones (excluding diaryl/α,β-unsaturated/α-hetero) is 1. The normalized spacial score (nSPS) is 11.8. The summed E-state index contributed by atoms with van der Waals surface area (Å²) in [5.41, 5.74) is 0.582. The van der Waals surface area contributed by atoms with Crippen molar-refractivity contribution in [2.45, 2.75) is 20.3 Å². The summed E-state index contributed by atoms with van der Waals surface area (Å²) < 4.78 is 15.7. The van der Waals surface area contributed by atoms with Crippen LogP contribution in [-0.2, 0) is 0 Å². The fourth-order valence-corrected chi connectivity index (χ4v) is 1.69. The number of ether oxygens (including phenoxy) is 3. The molecule has 0 N–H and O–H groups in total. The van der Waals surface area contributed by atoms with Crippen LogP contribution in [0.5, 0.6) is 17.2 Å². The van der Waals surface area contributed by atoms with E-state index in [4.69, 9.17) is 14.2 Å². The predicted molar refractivity (Wildman–Crippen MR) is 69.9 cm³/mol. The van der Waals surface area contributed by atoms with E-state index in [2.05, 4.69) is 0 Å². The lowest BCUT2D eigenvalue weighted by Gasteiger charge is -2.15. The van der Waals surface area contributed by atoms with Crippen LogP contribution in [0.15, 0.2) is 12.1 Å². The minimum absolute atomic E-state index is 0.0205. The van der Waals surface area contributed by atoms with Crippen molar-refractivity contribution in [3.8, 4) is 17.2 Å². The van der Waals surface area contributed by atoms with Gasteiger partial charge in [0.15, 0.2) is 17.3 Å². The first-order chi connectivity index (χ1) is 8.58. The molecule has 4 heteroatoms. The second-order valence-corrected chi connectivity index (χ2v) is 4.09. The van der Waals surface area contributed by atoms with Crippen LogP contribution in [0.1, 0.15) is 30.6 Å². The van der Waals surface area contributed by atoms with E-state index < -0.39 is 0 Å². The second kappa shape index (κ2) is 6.28. The van der Waals surface area contributed by atoms with E-state index in [0.717, 1.165) is 6.42 Å². The molecule has 0 aromatic heterocycles. The van der Waals surface area contributed by atoms with Gasteiger partial charge in [0.05, 0.1) is 21.3 Å². The van der Waals surface area contributed by atoms with Gasteiger partial charge in [-0.15, -0.1) is 0 Å². The largest absolute Gasteiger partial charge is 0.493 e. The van der Waals surface area contributed by atoms with E-state index in [1.165, 1.54) is 21.3 Å². The van der Waals surface area contributed by atoms with Crippen LogP contribution in [0.25, 0.3) is 0 Å². The number of methoxy groups -OCH3 is 3. The number of hydrogen-bond acceptors (Lipinski definition) is 4. The van der Waals surface area contributed by atoms with Gasteiger partial charge in [0.2, 0.25) is 5.75 Å². The molecular weight excluding hydrogens is 232 g/mol. The molecule has 0 aliphatic heterocycles. The number of hydrogen-bond donors (Lipinski definition) is 0. The molecule has 18 heavy (non-hydrogen) atoms. The molecule has 1 aromatic rings. The van der Waals surface area contributed by atoms with Crippen LogP contribution in [0, 0.1) is 5.92 Å². The predicted octanol–water partition coefficient (Wildman–Crippen LogP) is 2.94. The molecule has 1 unspecified atom stereocenters. The van der Waals surface area contributed by atoms with Gasteiger partial charge >= 0.3 is 0 Å². The average Bonchev–Trinajstić information content (AvgIpc) is 2.43. The molecule has 0 bridgehead atoms. The van der Waals surface area contributed by atoms with Crippen molar-refractivity contribution < 1.29 is 19.0 Å². The Hall–Kier alpha value is -1.71. The third-order valence-corrected chi connectivity index (χ3v) is 3.01. The third kappa shape index (κ3) is 2.75. The Bertz CT molecular complexity index is 401. The van der Waals surface area contributed by atoms with Crippen LogP contribution in [-0.4, -0.2) is 27.1 Å². The van der Waals surface area contributed by atoms with Gasteiger partial charge in [-0.25, -0.2) is 0 Å². The zero-order valence-corrected chi connectivity index (χ0v) is 11.6. The molecule has 0 heterocycles. The van der Waals surface area contributed by atoms with Crippen LogP contribution >= 0.6 is 0 Å². The zero-order chi connectivity index (χ0) is 13.7.